The topological polar surface area (TPSA) is 20.2 Å². The van der Waals surface area contributed by atoms with Gasteiger partial charge in [-0.3, -0.25) is 0 Å². The van der Waals surface area contributed by atoms with E-state index in [4.69, 9.17) is 0 Å². The molecule has 88 valence electrons. The lowest BCUT2D eigenvalue weighted by molar-refractivity contribution is 0.168. The van der Waals surface area contributed by atoms with Crippen LogP contribution < -0.4 is 0 Å². The molecule has 1 nitrogen and oxygen atoms in total. The molecule has 0 aliphatic carbocycles. The second-order valence-corrected chi connectivity index (χ2v) is 4.62. The lowest BCUT2D eigenvalue weighted by atomic mass is 9.99. The first-order valence-electron chi connectivity index (χ1n) is 5.98. The van der Waals surface area contributed by atoms with Gasteiger partial charge in [0.25, 0.3) is 0 Å². The zero-order valence-electron chi connectivity index (χ0n) is 10.2. The number of benzene rings is 2. The second-order valence-electron chi connectivity index (χ2n) is 4.62. The first kappa shape index (κ1) is 11.9. The molecule has 0 heterocycles. The van der Waals surface area contributed by atoms with Crippen molar-refractivity contribution in [3.8, 4) is 0 Å². The quantitative estimate of drug-likeness (QED) is 0.773. The summed E-state index contributed by atoms with van der Waals surface area (Å²) in [4.78, 5) is 0. The predicted molar refractivity (Wildman–Crippen MR) is 73.0 cm³/mol. The monoisotopic (exact) mass is 226 g/mol. The number of allylic oxidation sites excluding steroid dienone is 1. The molecule has 1 heteroatoms. The Morgan fingerprint density at radius 1 is 1.18 bits per heavy atom. The first-order chi connectivity index (χ1) is 8.16. The van der Waals surface area contributed by atoms with Crippen LogP contribution in [0.25, 0.3) is 10.8 Å². The molecule has 0 unspecified atom stereocenters. The Kier molecular flexibility index (Phi) is 3.60. The van der Waals surface area contributed by atoms with E-state index in [0.717, 1.165) is 24.0 Å². The molecule has 0 saturated heterocycles. The van der Waals surface area contributed by atoms with Crippen molar-refractivity contribution in [3.63, 3.8) is 0 Å². The van der Waals surface area contributed by atoms with Gasteiger partial charge in [-0.25, -0.2) is 0 Å². The van der Waals surface area contributed by atoms with Gasteiger partial charge in [-0.15, -0.1) is 6.58 Å². The highest BCUT2D eigenvalue weighted by Crippen LogP contribution is 2.24. The lowest BCUT2D eigenvalue weighted by Gasteiger charge is -2.11. The van der Waals surface area contributed by atoms with E-state index in [1.807, 2.05) is 25.1 Å². The number of aliphatic hydroxyl groups excluding tert-OH is 1. The molecule has 0 amide bonds. The van der Waals surface area contributed by atoms with Crippen LogP contribution in [0, 0.1) is 0 Å². The maximum absolute atomic E-state index is 10.1. The zero-order valence-corrected chi connectivity index (χ0v) is 10.2. The molecule has 1 N–H and O–H groups in total. The van der Waals surface area contributed by atoms with E-state index < -0.39 is 6.10 Å². The molecule has 1 atom stereocenters. The third-order valence-electron chi connectivity index (χ3n) is 3.00. The minimum Gasteiger partial charge on any atom is -0.388 e. The predicted octanol–water partition coefficient (Wildman–Crippen LogP) is 4.23. The number of rotatable bonds is 4. The third kappa shape index (κ3) is 2.95. The Morgan fingerprint density at radius 2 is 1.88 bits per heavy atom. The summed E-state index contributed by atoms with van der Waals surface area (Å²) in [5, 5.41) is 12.5. The molecule has 0 aromatic heterocycles. The summed E-state index contributed by atoms with van der Waals surface area (Å²) < 4.78 is 0. The largest absolute Gasteiger partial charge is 0.388 e. The number of hydrogen-bond acceptors (Lipinski definition) is 1. The van der Waals surface area contributed by atoms with E-state index in [1.165, 1.54) is 10.8 Å². The molecule has 0 aliphatic heterocycles. The van der Waals surface area contributed by atoms with Gasteiger partial charge in [0.15, 0.2) is 0 Å². The van der Waals surface area contributed by atoms with E-state index in [2.05, 4.69) is 30.8 Å². The third-order valence-corrected chi connectivity index (χ3v) is 3.00. The van der Waals surface area contributed by atoms with Crippen molar-refractivity contribution in [3.05, 3.63) is 60.2 Å². The van der Waals surface area contributed by atoms with Crippen molar-refractivity contribution < 1.29 is 5.11 Å². The molecular formula is C16H18O. The van der Waals surface area contributed by atoms with Crippen LogP contribution in [0.3, 0.4) is 0 Å². The Hall–Kier alpha value is -1.60. The summed E-state index contributed by atoms with van der Waals surface area (Å²) in [5.74, 6) is 0. The van der Waals surface area contributed by atoms with Crippen LogP contribution in [-0.4, -0.2) is 5.11 Å². The molecule has 17 heavy (non-hydrogen) atoms. The number of hydrogen-bond donors (Lipinski definition) is 1. The van der Waals surface area contributed by atoms with Crippen LogP contribution in [0.1, 0.15) is 31.4 Å². The maximum atomic E-state index is 10.1. The van der Waals surface area contributed by atoms with Gasteiger partial charge in [-0.2, -0.15) is 0 Å². The lowest BCUT2D eigenvalue weighted by Crippen LogP contribution is -1.97. The fourth-order valence-corrected chi connectivity index (χ4v) is 1.96. The van der Waals surface area contributed by atoms with Gasteiger partial charge in [-0.1, -0.05) is 42.0 Å². The molecular weight excluding hydrogens is 208 g/mol. The second kappa shape index (κ2) is 5.15. The summed E-state index contributed by atoms with van der Waals surface area (Å²) in [7, 11) is 0. The van der Waals surface area contributed by atoms with Crippen LogP contribution in [0.4, 0.5) is 0 Å². The highest BCUT2D eigenvalue weighted by atomic mass is 16.3. The summed E-state index contributed by atoms with van der Waals surface area (Å²) in [5.41, 5.74) is 2.11. The van der Waals surface area contributed by atoms with Crippen LogP contribution in [-0.2, 0) is 0 Å². The SMILES string of the molecule is C=C(C)CC[C@@H](O)c1ccc2ccccc2c1. The molecule has 2 aromatic carbocycles. The zero-order chi connectivity index (χ0) is 12.3. The van der Waals surface area contributed by atoms with Gasteiger partial charge in [0.05, 0.1) is 6.10 Å². The van der Waals surface area contributed by atoms with E-state index in [0.29, 0.717) is 0 Å². The van der Waals surface area contributed by atoms with Gasteiger partial charge in [0.2, 0.25) is 0 Å². The van der Waals surface area contributed by atoms with Crippen LogP contribution in [0.2, 0.25) is 0 Å². The van der Waals surface area contributed by atoms with Crippen LogP contribution >= 0.6 is 0 Å². The van der Waals surface area contributed by atoms with Crippen molar-refractivity contribution in [2.24, 2.45) is 0 Å². The van der Waals surface area contributed by atoms with Crippen molar-refractivity contribution >= 4 is 10.8 Å². The molecule has 0 aliphatic rings. The van der Waals surface area contributed by atoms with Gasteiger partial charge in [0, 0.05) is 0 Å². The van der Waals surface area contributed by atoms with Gasteiger partial charge in [-0.05, 0) is 42.2 Å². The molecule has 0 spiro atoms. The summed E-state index contributed by atoms with van der Waals surface area (Å²) in [6, 6.07) is 14.3. The summed E-state index contributed by atoms with van der Waals surface area (Å²) in [6.45, 7) is 5.85. The standard InChI is InChI=1S/C16H18O/c1-12(2)7-10-16(17)15-9-8-13-5-3-4-6-14(13)11-15/h3-6,8-9,11,16-17H,1,7,10H2,2H3/t16-/m1/s1. The first-order valence-corrected chi connectivity index (χ1v) is 5.98. The molecule has 0 bridgehead atoms. The Bertz CT molecular complexity index is 528. The Labute approximate surface area is 102 Å². The minimum atomic E-state index is -0.392. The normalized spacial score (nSPS) is 12.6. The van der Waals surface area contributed by atoms with E-state index in [1.54, 1.807) is 0 Å². The highest BCUT2D eigenvalue weighted by Gasteiger charge is 2.07. The van der Waals surface area contributed by atoms with Crippen molar-refractivity contribution in [1.82, 2.24) is 0 Å². The van der Waals surface area contributed by atoms with Gasteiger partial charge in [0.1, 0.15) is 0 Å². The fraction of sp³-hybridized carbons (Fsp3) is 0.250. The molecule has 0 fully saturated rings. The fourth-order valence-electron chi connectivity index (χ4n) is 1.96. The number of aliphatic hydroxyl groups is 1. The highest BCUT2D eigenvalue weighted by molar-refractivity contribution is 5.83. The molecule has 0 saturated carbocycles. The maximum Gasteiger partial charge on any atom is 0.0793 e. The van der Waals surface area contributed by atoms with Crippen LogP contribution in [0.15, 0.2) is 54.6 Å². The van der Waals surface area contributed by atoms with Gasteiger partial charge >= 0.3 is 0 Å². The van der Waals surface area contributed by atoms with Crippen molar-refractivity contribution in [1.29, 1.82) is 0 Å². The van der Waals surface area contributed by atoms with Crippen molar-refractivity contribution in [2.75, 3.05) is 0 Å². The van der Waals surface area contributed by atoms with E-state index >= 15 is 0 Å². The number of fused-ring (bicyclic) bond motifs is 1. The Morgan fingerprint density at radius 3 is 2.59 bits per heavy atom. The minimum absolute atomic E-state index is 0.392. The summed E-state index contributed by atoms with van der Waals surface area (Å²) in [6.07, 6.45) is 1.22. The average Bonchev–Trinajstić information content (AvgIpc) is 2.35. The molecule has 2 aromatic rings. The van der Waals surface area contributed by atoms with E-state index in [-0.39, 0.29) is 0 Å². The molecule has 0 radical (unpaired) electrons. The molecule has 2 rings (SSSR count). The Balaban J connectivity index is 2.20. The van der Waals surface area contributed by atoms with E-state index in [9.17, 15) is 5.11 Å². The van der Waals surface area contributed by atoms with Gasteiger partial charge < -0.3 is 5.11 Å². The van der Waals surface area contributed by atoms with Crippen molar-refractivity contribution in [2.45, 2.75) is 25.9 Å². The average molecular weight is 226 g/mol. The smallest absolute Gasteiger partial charge is 0.0793 e. The van der Waals surface area contributed by atoms with Crippen LogP contribution in [0.5, 0.6) is 0 Å². The summed E-state index contributed by atoms with van der Waals surface area (Å²) >= 11 is 0.